The Balaban J connectivity index is 2.82. The number of nitrogens with two attached hydrogens (primary N) is 1. The van der Waals surface area contributed by atoms with Crippen LogP contribution in [0.2, 0.25) is 0 Å². The second kappa shape index (κ2) is 3.05. The van der Waals surface area contributed by atoms with Crippen LogP contribution in [0.3, 0.4) is 0 Å². The van der Waals surface area contributed by atoms with E-state index in [0.717, 1.165) is 6.07 Å². The minimum atomic E-state index is -0.946. The summed E-state index contributed by atoms with van der Waals surface area (Å²) >= 11 is 0. The molecule has 0 saturated heterocycles. The number of aromatic nitrogens is 1. The van der Waals surface area contributed by atoms with Gasteiger partial charge in [-0.15, -0.1) is 0 Å². The minimum Gasteiger partial charge on any atom is -0.364 e. The van der Waals surface area contributed by atoms with Gasteiger partial charge in [-0.1, -0.05) is 0 Å². The predicted molar refractivity (Wildman–Crippen MR) is 51.5 cm³/mol. The number of carbonyl (C=O) groups excluding carboxylic acids is 1. The van der Waals surface area contributed by atoms with Crippen molar-refractivity contribution in [3.05, 3.63) is 35.0 Å². The monoisotopic (exact) mass is 210 g/mol. The molecule has 15 heavy (non-hydrogen) atoms. The second-order valence-electron chi connectivity index (χ2n) is 3.31. The lowest BCUT2D eigenvalue weighted by Gasteiger charge is -1.99. The summed E-state index contributed by atoms with van der Waals surface area (Å²) in [5.74, 6) is -2.51. The lowest BCUT2D eigenvalue weighted by Crippen LogP contribution is -2.10. The van der Waals surface area contributed by atoms with Crippen LogP contribution in [0.1, 0.15) is 16.1 Å². The first-order valence-corrected chi connectivity index (χ1v) is 4.28. The number of H-pyrrole nitrogens is 1. The van der Waals surface area contributed by atoms with E-state index in [-0.39, 0.29) is 11.3 Å². The first kappa shape index (κ1) is 9.64. The van der Waals surface area contributed by atoms with Gasteiger partial charge in [-0.3, -0.25) is 4.79 Å². The van der Waals surface area contributed by atoms with Crippen LogP contribution in [0.25, 0.3) is 10.9 Å². The zero-order chi connectivity index (χ0) is 11.2. The summed E-state index contributed by atoms with van der Waals surface area (Å²) in [6.07, 6.45) is 0. The van der Waals surface area contributed by atoms with Crippen LogP contribution in [-0.4, -0.2) is 10.9 Å². The highest BCUT2D eigenvalue weighted by Crippen LogP contribution is 2.24. The Hall–Kier alpha value is -1.91. The van der Waals surface area contributed by atoms with Gasteiger partial charge < -0.3 is 10.7 Å². The van der Waals surface area contributed by atoms with Gasteiger partial charge >= 0.3 is 0 Å². The van der Waals surface area contributed by atoms with Crippen LogP contribution in [0.15, 0.2) is 12.1 Å². The highest BCUT2D eigenvalue weighted by atomic mass is 19.2. The molecule has 0 spiro atoms. The summed E-state index contributed by atoms with van der Waals surface area (Å²) in [5.41, 5.74) is 5.71. The molecule has 3 N–H and O–H groups in total. The fourth-order valence-electron chi connectivity index (χ4n) is 1.51. The zero-order valence-corrected chi connectivity index (χ0v) is 7.90. The third kappa shape index (κ3) is 1.36. The molecule has 1 heterocycles. The van der Waals surface area contributed by atoms with Crippen LogP contribution < -0.4 is 5.73 Å². The van der Waals surface area contributed by atoms with E-state index in [2.05, 4.69) is 4.98 Å². The molecule has 0 aliphatic carbocycles. The molecule has 0 bridgehead atoms. The summed E-state index contributed by atoms with van der Waals surface area (Å²) in [6.45, 7) is 1.44. The van der Waals surface area contributed by atoms with Gasteiger partial charge in [0.2, 0.25) is 0 Å². The number of aromatic amines is 1. The Kier molecular flexibility index (Phi) is 1.96. The van der Waals surface area contributed by atoms with Crippen LogP contribution >= 0.6 is 0 Å². The Morgan fingerprint density at radius 2 is 2.07 bits per heavy atom. The van der Waals surface area contributed by atoms with Gasteiger partial charge in [0.05, 0.1) is 0 Å². The van der Waals surface area contributed by atoms with Gasteiger partial charge in [0.25, 0.3) is 5.91 Å². The Morgan fingerprint density at radius 3 is 2.67 bits per heavy atom. The molecule has 0 radical (unpaired) electrons. The van der Waals surface area contributed by atoms with Gasteiger partial charge in [-0.25, -0.2) is 8.78 Å². The van der Waals surface area contributed by atoms with E-state index >= 15 is 0 Å². The van der Waals surface area contributed by atoms with Crippen LogP contribution in [0.5, 0.6) is 0 Å². The van der Waals surface area contributed by atoms with E-state index in [1.54, 1.807) is 0 Å². The van der Waals surface area contributed by atoms with Crippen molar-refractivity contribution in [2.45, 2.75) is 6.92 Å². The molecule has 3 nitrogen and oxygen atoms in total. The summed E-state index contributed by atoms with van der Waals surface area (Å²) in [5, 5.41) is 0.461. The normalized spacial score (nSPS) is 10.9. The average Bonchev–Trinajstić information content (AvgIpc) is 2.58. The lowest BCUT2D eigenvalue weighted by molar-refractivity contribution is 0.0996. The highest BCUT2D eigenvalue weighted by molar-refractivity contribution is 5.97. The van der Waals surface area contributed by atoms with E-state index in [1.165, 1.54) is 13.0 Å². The first-order chi connectivity index (χ1) is 7.00. The molecular formula is C10H8F2N2O. The van der Waals surface area contributed by atoms with Crippen molar-refractivity contribution in [3.8, 4) is 0 Å². The van der Waals surface area contributed by atoms with Crippen molar-refractivity contribution in [2.24, 2.45) is 5.73 Å². The minimum absolute atomic E-state index is 0.137. The molecule has 0 saturated carbocycles. The zero-order valence-electron chi connectivity index (χ0n) is 7.90. The third-order valence-corrected chi connectivity index (χ3v) is 2.33. The summed E-state index contributed by atoms with van der Waals surface area (Å²) in [4.78, 5) is 13.5. The molecule has 5 heteroatoms. The fourth-order valence-corrected chi connectivity index (χ4v) is 1.51. The molecule has 0 aliphatic heterocycles. The van der Waals surface area contributed by atoms with Crippen LogP contribution in [0.4, 0.5) is 8.78 Å². The quantitative estimate of drug-likeness (QED) is 0.741. The predicted octanol–water partition coefficient (Wildman–Crippen LogP) is 1.85. The molecular weight excluding hydrogens is 202 g/mol. The molecule has 0 atom stereocenters. The first-order valence-electron chi connectivity index (χ1n) is 4.28. The van der Waals surface area contributed by atoms with Crippen molar-refractivity contribution in [1.29, 1.82) is 0 Å². The Bertz CT molecular complexity index is 560. The van der Waals surface area contributed by atoms with Gasteiger partial charge in [0.15, 0.2) is 11.6 Å². The topological polar surface area (TPSA) is 58.9 Å². The number of carbonyl (C=O) groups is 1. The number of benzene rings is 1. The fraction of sp³-hybridized carbons (Fsp3) is 0.100. The van der Waals surface area contributed by atoms with Crippen molar-refractivity contribution >= 4 is 16.8 Å². The lowest BCUT2D eigenvalue weighted by atomic mass is 10.1. The van der Waals surface area contributed by atoms with Crippen LogP contribution in [0, 0.1) is 18.6 Å². The summed E-state index contributed by atoms with van der Waals surface area (Å²) in [7, 11) is 0. The summed E-state index contributed by atoms with van der Waals surface area (Å²) in [6, 6.07) is 2.42. The van der Waals surface area contributed by atoms with Gasteiger partial charge in [0.1, 0.15) is 5.69 Å². The van der Waals surface area contributed by atoms with Crippen molar-refractivity contribution in [1.82, 2.24) is 4.98 Å². The number of primary amides is 1. The van der Waals surface area contributed by atoms with E-state index < -0.39 is 17.5 Å². The Labute approximate surface area is 83.9 Å². The molecule has 0 fully saturated rings. The SMILES string of the molecule is Cc1c(F)c(F)cc2[nH]c(C(N)=O)cc12. The van der Waals surface area contributed by atoms with Gasteiger partial charge in [-0.05, 0) is 18.6 Å². The number of hydrogen-bond acceptors (Lipinski definition) is 1. The number of amides is 1. The number of nitrogens with one attached hydrogen (secondary N) is 1. The average molecular weight is 210 g/mol. The smallest absolute Gasteiger partial charge is 0.265 e. The van der Waals surface area contributed by atoms with Crippen LogP contribution in [-0.2, 0) is 0 Å². The maximum Gasteiger partial charge on any atom is 0.265 e. The number of rotatable bonds is 1. The molecule has 0 aliphatic rings. The van der Waals surface area contributed by atoms with E-state index in [4.69, 9.17) is 5.73 Å². The maximum absolute atomic E-state index is 13.2. The highest BCUT2D eigenvalue weighted by Gasteiger charge is 2.13. The molecule has 1 aromatic carbocycles. The molecule has 2 rings (SSSR count). The standard InChI is InChI=1S/C10H8F2N2O/c1-4-5-2-8(10(13)15)14-7(5)3-6(11)9(4)12/h2-3,14H,1H3,(H2,13,15). The third-order valence-electron chi connectivity index (χ3n) is 2.33. The maximum atomic E-state index is 13.2. The number of halogens is 2. The van der Waals surface area contributed by atoms with Crippen molar-refractivity contribution in [2.75, 3.05) is 0 Å². The second-order valence-corrected chi connectivity index (χ2v) is 3.31. The molecule has 0 unspecified atom stereocenters. The number of hydrogen-bond donors (Lipinski definition) is 2. The van der Waals surface area contributed by atoms with Gasteiger partial charge in [0, 0.05) is 17.0 Å². The molecule has 78 valence electrons. The molecule has 1 aromatic heterocycles. The van der Waals surface area contributed by atoms with E-state index in [1.807, 2.05) is 0 Å². The molecule has 1 amide bonds. The number of fused-ring (bicyclic) bond motifs is 1. The number of aryl methyl sites for hydroxylation is 1. The molecule has 2 aromatic rings. The summed E-state index contributed by atoms with van der Waals surface area (Å²) < 4.78 is 26.2. The largest absolute Gasteiger partial charge is 0.364 e. The van der Waals surface area contributed by atoms with E-state index in [0.29, 0.717) is 10.9 Å². The van der Waals surface area contributed by atoms with Crippen molar-refractivity contribution in [3.63, 3.8) is 0 Å². The van der Waals surface area contributed by atoms with E-state index in [9.17, 15) is 13.6 Å². The van der Waals surface area contributed by atoms with Gasteiger partial charge in [-0.2, -0.15) is 0 Å². The Morgan fingerprint density at radius 1 is 1.40 bits per heavy atom. The van der Waals surface area contributed by atoms with Crippen molar-refractivity contribution < 1.29 is 13.6 Å².